The van der Waals surface area contributed by atoms with E-state index in [4.69, 9.17) is 4.74 Å². The van der Waals surface area contributed by atoms with E-state index in [1.54, 1.807) is 6.92 Å². The first kappa shape index (κ1) is 16.7. The van der Waals surface area contributed by atoms with Gasteiger partial charge in [-0.3, -0.25) is 20.0 Å². The van der Waals surface area contributed by atoms with Gasteiger partial charge in [-0.05, 0) is 31.5 Å². The maximum atomic E-state index is 11.3. The van der Waals surface area contributed by atoms with Gasteiger partial charge in [0.05, 0.1) is 16.8 Å². The van der Waals surface area contributed by atoms with Crippen LogP contribution in [0.3, 0.4) is 0 Å². The number of carbonyl (C=O) groups is 2. The summed E-state index contributed by atoms with van der Waals surface area (Å²) in [6, 6.07) is 5.81. The zero-order chi connectivity index (χ0) is 15.9. The van der Waals surface area contributed by atoms with Crippen molar-refractivity contribution in [1.82, 2.24) is 9.99 Å². The number of amides is 1. The molecule has 0 radical (unpaired) electrons. The topological polar surface area (TPSA) is 71.5 Å². The van der Waals surface area contributed by atoms with Gasteiger partial charge in [-0.25, -0.2) is 4.98 Å². The second kappa shape index (κ2) is 8.09. The SMILES string of the molecule is CCOC(=O)CCCN(C=O)Nc1nc2ccc(Br)cc2s1. The summed E-state index contributed by atoms with van der Waals surface area (Å²) in [5.74, 6) is -0.252. The molecule has 22 heavy (non-hydrogen) atoms. The fourth-order valence-corrected chi connectivity index (χ4v) is 3.26. The van der Waals surface area contributed by atoms with E-state index in [-0.39, 0.29) is 12.4 Å². The number of benzene rings is 1. The van der Waals surface area contributed by atoms with Crippen LogP contribution in [0.2, 0.25) is 0 Å². The molecule has 1 heterocycles. The van der Waals surface area contributed by atoms with Gasteiger partial charge in [0.1, 0.15) is 0 Å². The van der Waals surface area contributed by atoms with Crippen LogP contribution in [0.15, 0.2) is 22.7 Å². The number of anilines is 1. The number of hydrogen-bond acceptors (Lipinski definition) is 6. The average Bonchev–Trinajstić information content (AvgIpc) is 2.87. The van der Waals surface area contributed by atoms with Crippen LogP contribution in [0.1, 0.15) is 19.8 Å². The highest BCUT2D eigenvalue weighted by molar-refractivity contribution is 9.10. The van der Waals surface area contributed by atoms with Crippen LogP contribution in [-0.4, -0.2) is 35.5 Å². The molecule has 0 bridgehead atoms. The Morgan fingerprint density at radius 2 is 2.36 bits per heavy atom. The molecule has 8 heteroatoms. The van der Waals surface area contributed by atoms with E-state index < -0.39 is 0 Å². The Labute approximate surface area is 140 Å². The maximum absolute atomic E-state index is 11.3. The van der Waals surface area contributed by atoms with E-state index in [2.05, 4.69) is 26.3 Å². The molecule has 6 nitrogen and oxygen atoms in total. The summed E-state index contributed by atoms with van der Waals surface area (Å²) in [4.78, 5) is 26.8. The molecule has 0 unspecified atom stereocenters. The molecular weight excluding hydrogens is 370 g/mol. The Bertz CT molecular complexity index is 662. The monoisotopic (exact) mass is 385 g/mol. The number of aromatic nitrogens is 1. The zero-order valence-corrected chi connectivity index (χ0v) is 14.4. The Hall–Kier alpha value is -1.67. The van der Waals surface area contributed by atoms with Crippen LogP contribution < -0.4 is 5.43 Å². The van der Waals surface area contributed by atoms with Crippen molar-refractivity contribution in [2.45, 2.75) is 19.8 Å². The molecule has 0 atom stereocenters. The molecule has 0 spiro atoms. The van der Waals surface area contributed by atoms with E-state index in [0.717, 1.165) is 14.7 Å². The molecule has 0 aliphatic carbocycles. The van der Waals surface area contributed by atoms with Gasteiger partial charge in [0.15, 0.2) is 0 Å². The highest BCUT2D eigenvalue weighted by atomic mass is 79.9. The van der Waals surface area contributed by atoms with Gasteiger partial charge in [0.25, 0.3) is 0 Å². The number of thiazole rings is 1. The largest absolute Gasteiger partial charge is 0.466 e. The lowest BCUT2D eigenvalue weighted by molar-refractivity contribution is -0.143. The van der Waals surface area contributed by atoms with Crippen LogP contribution in [0.4, 0.5) is 5.13 Å². The molecule has 1 N–H and O–H groups in total. The van der Waals surface area contributed by atoms with Crippen LogP contribution in [0.5, 0.6) is 0 Å². The number of ether oxygens (including phenoxy) is 1. The van der Waals surface area contributed by atoms with E-state index in [1.165, 1.54) is 16.3 Å². The minimum Gasteiger partial charge on any atom is -0.466 e. The third-order valence-electron chi connectivity index (χ3n) is 2.80. The third-order valence-corrected chi connectivity index (χ3v) is 4.22. The number of rotatable bonds is 8. The van der Waals surface area contributed by atoms with Gasteiger partial charge in [-0.1, -0.05) is 27.3 Å². The normalized spacial score (nSPS) is 10.5. The Morgan fingerprint density at radius 1 is 1.55 bits per heavy atom. The Morgan fingerprint density at radius 3 is 3.09 bits per heavy atom. The fraction of sp³-hybridized carbons (Fsp3) is 0.357. The molecule has 0 saturated carbocycles. The third kappa shape index (κ3) is 4.67. The second-order valence-corrected chi connectivity index (χ2v) is 6.40. The minimum absolute atomic E-state index is 0.252. The van der Waals surface area contributed by atoms with E-state index in [9.17, 15) is 9.59 Å². The van der Waals surface area contributed by atoms with Gasteiger partial charge < -0.3 is 4.74 Å². The lowest BCUT2D eigenvalue weighted by Crippen LogP contribution is -2.29. The Kier molecular flexibility index (Phi) is 6.14. The number of nitrogens with zero attached hydrogens (tertiary/aromatic N) is 2. The summed E-state index contributed by atoms with van der Waals surface area (Å²) in [6.45, 7) is 2.54. The molecule has 0 saturated heterocycles. The maximum Gasteiger partial charge on any atom is 0.305 e. The summed E-state index contributed by atoms with van der Waals surface area (Å²) in [5, 5.41) is 2.02. The van der Waals surface area contributed by atoms with Crippen molar-refractivity contribution < 1.29 is 14.3 Å². The minimum atomic E-state index is -0.252. The molecule has 118 valence electrons. The molecular formula is C14H16BrN3O3S. The molecule has 1 aromatic carbocycles. The summed E-state index contributed by atoms with van der Waals surface area (Å²) in [6.07, 6.45) is 1.50. The zero-order valence-electron chi connectivity index (χ0n) is 12.0. The standard InChI is InChI=1S/C14H16BrN3O3S/c1-2-21-13(20)4-3-7-18(9-19)17-14-16-11-6-5-10(15)8-12(11)22-14/h5-6,8-9H,2-4,7H2,1H3,(H,16,17). The predicted molar refractivity (Wildman–Crippen MR) is 89.6 cm³/mol. The highest BCUT2D eigenvalue weighted by Gasteiger charge is 2.09. The smallest absolute Gasteiger partial charge is 0.305 e. The van der Waals surface area contributed by atoms with Crippen molar-refractivity contribution in [3.63, 3.8) is 0 Å². The number of halogens is 1. The van der Waals surface area contributed by atoms with Crippen LogP contribution >= 0.6 is 27.3 Å². The van der Waals surface area contributed by atoms with Crippen molar-refractivity contribution in [2.24, 2.45) is 0 Å². The summed E-state index contributed by atoms with van der Waals surface area (Å²) in [7, 11) is 0. The number of esters is 1. The summed E-state index contributed by atoms with van der Waals surface area (Å²) >= 11 is 4.87. The van der Waals surface area contributed by atoms with Crippen LogP contribution in [-0.2, 0) is 14.3 Å². The average molecular weight is 386 g/mol. The molecule has 1 aromatic heterocycles. The molecule has 2 aromatic rings. The van der Waals surface area contributed by atoms with Crippen LogP contribution in [0.25, 0.3) is 10.2 Å². The van der Waals surface area contributed by atoms with Crippen molar-refractivity contribution >= 4 is 55.0 Å². The number of carbonyl (C=O) groups excluding carboxylic acids is 2. The molecule has 2 rings (SSSR count). The van der Waals surface area contributed by atoms with Crippen molar-refractivity contribution in [1.29, 1.82) is 0 Å². The highest BCUT2D eigenvalue weighted by Crippen LogP contribution is 2.28. The van der Waals surface area contributed by atoms with Gasteiger partial charge in [-0.15, -0.1) is 0 Å². The van der Waals surface area contributed by atoms with Gasteiger partial charge in [0, 0.05) is 17.4 Å². The predicted octanol–water partition coefficient (Wildman–Crippen LogP) is 3.19. The van der Waals surface area contributed by atoms with E-state index in [0.29, 0.717) is 31.1 Å². The van der Waals surface area contributed by atoms with Gasteiger partial charge in [-0.2, -0.15) is 0 Å². The van der Waals surface area contributed by atoms with Crippen molar-refractivity contribution in [3.8, 4) is 0 Å². The quantitative estimate of drug-likeness (QED) is 0.429. The van der Waals surface area contributed by atoms with Crippen LogP contribution in [0, 0.1) is 0 Å². The molecule has 0 aliphatic heterocycles. The van der Waals surface area contributed by atoms with Gasteiger partial charge in [0.2, 0.25) is 11.5 Å². The first-order valence-electron chi connectivity index (χ1n) is 6.82. The fourth-order valence-electron chi connectivity index (χ4n) is 1.83. The number of nitrogens with one attached hydrogen (secondary N) is 1. The lowest BCUT2D eigenvalue weighted by Gasteiger charge is -2.17. The van der Waals surface area contributed by atoms with E-state index >= 15 is 0 Å². The lowest BCUT2D eigenvalue weighted by atomic mass is 10.3. The second-order valence-electron chi connectivity index (χ2n) is 4.45. The van der Waals surface area contributed by atoms with Gasteiger partial charge >= 0.3 is 5.97 Å². The summed E-state index contributed by atoms with van der Waals surface area (Å²) in [5.41, 5.74) is 3.82. The first-order valence-corrected chi connectivity index (χ1v) is 8.43. The Balaban J connectivity index is 1.91. The number of hydrogen-bond donors (Lipinski definition) is 1. The van der Waals surface area contributed by atoms with Crippen molar-refractivity contribution in [2.75, 3.05) is 18.6 Å². The number of fused-ring (bicyclic) bond motifs is 1. The number of hydrazine groups is 1. The molecule has 1 amide bonds. The van der Waals surface area contributed by atoms with E-state index in [1.807, 2.05) is 18.2 Å². The van der Waals surface area contributed by atoms with Crippen molar-refractivity contribution in [3.05, 3.63) is 22.7 Å². The molecule has 0 aliphatic rings. The first-order chi connectivity index (χ1) is 10.6. The summed E-state index contributed by atoms with van der Waals surface area (Å²) < 4.78 is 6.85. The molecule has 0 fully saturated rings.